The maximum Gasteiger partial charge on any atom is 0.225 e. The Balaban J connectivity index is 1.82. The van der Waals surface area contributed by atoms with Gasteiger partial charge in [0.05, 0.1) is 5.92 Å². The summed E-state index contributed by atoms with van der Waals surface area (Å²) < 4.78 is 0. The molecule has 0 aromatic heterocycles. The maximum atomic E-state index is 12.9. The van der Waals surface area contributed by atoms with Crippen molar-refractivity contribution in [1.29, 1.82) is 0 Å². The third-order valence-electron chi connectivity index (χ3n) is 6.23. The van der Waals surface area contributed by atoms with Gasteiger partial charge in [-0.15, -0.1) is 0 Å². The van der Waals surface area contributed by atoms with Crippen molar-refractivity contribution in [3.63, 3.8) is 0 Å². The lowest BCUT2D eigenvalue weighted by Gasteiger charge is -2.39. The zero-order valence-corrected chi connectivity index (χ0v) is 16.8. The molecule has 4 nitrogen and oxygen atoms in total. The second-order valence-corrected chi connectivity index (χ2v) is 9.18. The first-order valence-electron chi connectivity index (χ1n) is 10.4. The second kappa shape index (κ2) is 9.05. The Kier molecular flexibility index (Phi) is 7.33. The van der Waals surface area contributed by atoms with Crippen molar-refractivity contribution in [2.75, 3.05) is 19.6 Å². The highest BCUT2D eigenvalue weighted by atomic mass is 16.2. The summed E-state index contributed by atoms with van der Waals surface area (Å²) in [6, 6.07) is 0. The predicted molar refractivity (Wildman–Crippen MR) is 102 cm³/mol. The van der Waals surface area contributed by atoms with Gasteiger partial charge in [-0.1, -0.05) is 34.1 Å². The molecular formula is C21H38N2O2. The molecule has 1 atom stereocenters. The highest BCUT2D eigenvalue weighted by Crippen LogP contribution is 2.40. The summed E-state index contributed by atoms with van der Waals surface area (Å²) in [6.07, 6.45) is 8.34. The molecule has 2 rings (SSSR count). The molecule has 0 radical (unpaired) electrons. The number of amides is 2. The SMILES string of the molecule is CCCCNC(=O)C1CCCN(C(=O)C2CCC(C(C)(C)C)CC2)C1. The normalized spacial score (nSPS) is 27.8. The van der Waals surface area contributed by atoms with Crippen molar-refractivity contribution in [1.82, 2.24) is 10.2 Å². The Bertz CT molecular complexity index is 447. The molecule has 0 spiro atoms. The van der Waals surface area contributed by atoms with Gasteiger partial charge in [0.15, 0.2) is 0 Å². The number of hydrogen-bond donors (Lipinski definition) is 1. The molecule has 4 heteroatoms. The van der Waals surface area contributed by atoms with Crippen LogP contribution in [0.15, 0.2) is 0 Å². The van der Waals surface area contributed by atoms with E-state index in [1.54, 1.807) is 0 Å². The van der Waals surface area contributed by atoms with Gasteiger partial charge in [0.1, 0.15) is 0 Å². The lowest BCUT2D eigenvalue weighted by Crippen LogP contribution is -2.48. The van der Waals surface area contributed by atoms with Crippen LogP contribution in [0.2, 0.25) is 0 Å². The lowest BCUT2D eigenvalue weighted by atomic mass is 9.69. The Morgan fingerprint density at radius 1 is 1.04 bits per heavy atom. The van der Waals surface area contributed by atoms with Gasteiger partial charge in [-0.2, -0.15) is 0 Å². The highest BCUT2D eigenvalue weighted by Gasteiger charge is 2.36. The van der Waals surface area contributed by atoms with Crippen molar-refractivity contribution in [2.24, 2.45) is 23.2 Å². The van der Waals surface area contributed by atoms with Crippen LogP contribution in [-0.2, 0) is 9.59 Å². The zero-order chi connectivity index (χ0) is 18.4. The molecule has 144 valence electrons. The average Bonchev–Trinajstić information content (AvgIpc) is 2.60. The summed E-state index contributed by atoms with van der Waals surface area (Å²) in [4.78, 5) is 27.2. The van der Waals surface area contributed by atoms with Crippen LogP contribution in [0.1, 0.15) is 79.1 Å². The van der Waals surface area contributed by atoms with Crippen LogP contribution in [0.25, 0.3) is 0 Å². The fourth-order valence-corrected chi connectivity index (χ4v) is 4.39. The molecular weight excluding hydrogens is 312 g/mol. The summed E-state index contributed by atoms with van der Waals surface area (Å²) in [7, 11) is 0. The van der Waals surface area contributed by atoms with Crippen LogP contribution < -0.4 is 5.32 Å². The second-order valence-electron chi connectivity index (χ2n) is 9.18. The van der Waals surface area contributed by atoms with E-state index in [2.05, 4.69) is 33.0 Å². The first kappa shape index (κ1) is 20.3. The smallest absolute Gasteiger partial charge is 0.225 e. The number of piperidine rings is 1. The molecule has 0 aromatic carbocycles. The molecule has 0 bridgehead atoms. The molecule has 1 heterocycles. The van der Waals surface area contributed by atoms with Crippen molar-refractivity contribution < 1.29 is 9.59 Å². The number of rotatable bonds is 5. The van der Waals surface area contributed by atoms with E-state index >= 15 is 0 Å². The number of likely N-dealkylation sites (tertiary alicyclic amines) is 1. The van der Waals surface area contributed by atoms with Gasteiger partial charge < -0.3 is 10.2 Å². The number of carbonyl (C=O) groups is 2. The van der Waals surface area contributed by atoms with Crippen LogP contribution in [0.4, 0.5) is 0 Å². The summed E-state index contributed by atoms with van der Waals surface area (Å²) in [5, 5.41) is 3.04. The van der Waals surface area contributed by atoms with Crippen LogP contribution in [0.5, 0.6) is 0 Å². The third-order valence-corrected chi connectivity index (χ3v) is 6.23. The average molecular weight is 351 g/mol. The Morgan fingerprint density at radius 2 is 1.72 bits per heavy atom. The standard InChI is InChI=1S/C21H38N2O2/c1-5-6-13-22-19(24)17-8-7-14-23(15-17)20(25)16-9-11-18(12-10-16)21(2,3)4/h16-18H,5-15H2,1-4H3,(H,22,24). The van der Waals surface area contributed by atoms with E-state index in [4.69, 9.17) is 0 Å². The van der Waals surface area contributed by atoms with Crippen molar-refractivity contribution in [3.8, 4) is 0 Å². The lowest BCUT2D eigenvalue weighted by molar-refractivity contribution is -0.140. The summed E-state index contributed by atoms with van der Waals surface area (Å²) in [5.41, 5.74) is 0.348. The van der Waals surface area contributed by atoms with Crippen molar-refractivity contribution in [3.05, 3.63) is 0 Å². The topological polar surface area (TPSA) is 49.4 Å². The van der Waals surface area contributed by atoms with E-state index in [1.165, 1.54) is 0 Å². The number of nitrogens with zero attached hydrogens (tertiary/aromatic N) is 1. The van der Waals surface area contributed by atoms with E-state index in [0.717, 1.165) is 70.4 Å². The van der Waals surface area contributed by atoms with Crippen LogP contribution in [0.3, 0.4) is 0 Å². The van der Waals surface area contributed by atoms with E-state index in [9.17, 15) is 9.59 Å². The van der Waals surface area contributed by atoms with E-state index < -0.39 is 0 Å². The largest absolute Gasteiger partial charge is 0.356 e. The predicted octanol–water partition coefficient (Wildman–Crippen LogP) is 3.99. The van der Waals surface area contributed by atoms with Crippen molar-refractivity contribution >= 4 is 11.8 Å². The minimum absolute atomic E-state index is 0.0135. The Hall–Kier alpha value is -1.06. The van der Waals surface area contributed by atoms with Crippen molar-refractivity contribution in [2.45, 2.75) is 79.1 Å². The number of unbranched alkanes of at least 4 members (excludes halogenated alkanes) is 1. The van der Waals surface area contributed by atoms with Crippen LogP contribution in [-0.4, -0.2) is 36.3 Å². The molecule has 25 heavy (non-hydrogen) atoms. The van der Waals surface area contributed by atoms with Gasteiger partial charge in [-0.05, 0) is 56.3 Å². The number of hydrogen-bond acceptors (Lipinski definition) is 2. The quantitative estimate of drug-likeness (QED) is 0.762. The number of nitrogens with one attached hydrogen (secondary N) is 1. The molecule has 1 aliphatic carbocycles. The monoisotopic (exact) mass is 350 g/mol. The molecule has 2 aliphatic rings. The molecule has 1 saturated carbocycles. The van der Waals surface area contributed by atoms with Crippen LogP contribution in [0, 0.1) is 23.2 Å². The van der Waals surface area contributed by atoms with Gasteiger partial charge in [-0.25, -0.2) is 0 Å². The minimum atomic E-state index is -0.0135. The fourth-order valence-electron chi connectivity index (χ4n) is 4.39. The highest BCUT2D eigenvalue weighted by molar-refractivity contribution is 5.82. The maximum absolute atomic E-state index is 12.9. The Morgan fingerprint density at radius 3 is 2.32 bits per heavy atom. The van der Waals surface area contributed by atoms with Gasteiger partial charge in [0, 0.05) is 25.6 Å². The molecule has 2 amide bonds. The van der Waals surface area contributed by atoms with Gasteiger partial charge in [-0.3, -0.25) is 9.59 Å². The molecule has 1 unspecified atom stereocenters. The fraction of sp³-hybridized carbons (Fsp3) is 0.905. The molecule has 0 aromatic rings. The molecule has 1 aliphatic heterocycles. The van der Waals surface area contributed by atoms with Gasteiger partial charge in [0.25, 0.3) is 0 Å². The molecule has 1 saturated heterocycles. The van der Waals surface area contributed by atoms with Crippen LogP contribution >= 0.6 is 0 Å². The van der Waals surface area contributed by atoms with E-state index in [-0.39, 0.29) is 17.7 Å². The summed E-state index contributed by atoms with van der Waals surface area (Å²) in [6.45, 7) is 11.3. The first-order valence-corrected chi connectivity index (χ1v) is 10.4. The summed E-state index contributed by atoms with van der Waals surface area (Å²) >= 11 is 0. The minimum Gasteiger partial charge on any atom is -0.356 e. The Labute approximate surface area is 154 Å². The van der Waals surface area contributed by atoms with E-state index in [1.807, 2.05) is 4.90 Å². The molecule has 2 fully saturated rings. The van der Waals surface area contributed by atoms with Gasteiger partial charge >= 0.3 is 0 Å². The summed E-state index contributed by atoms with van der Waals surface area (Å²) in [5.74, 6) is 1.34. The first-order chi connectivity index (χ1) is 11.8. The number of carbonyl (C=O) groups excluding carboxylic acids is 2. The van der Waals surface area contributed by atoms with Gasteiger partial charge in [0.2, 0.25) is 11.8 Å². The molecule has 1 N–H and O–H groups in total. The zero-order valence-electron chi connectivity index (χ0n) is 16.8. The van der Waals surface area contributed by atoms with E-state index in [0.29, 0.717) is 17.9 Å². The third kappa shape index (κ3) is 5.72.